The van der Waals surface area contributed by atoms with Crippen LogP contribution < -0.4 is 4.74 Å². The van der Waals surface area contributed by atoms with E-state index >= 15 is 0 Å². The predicted octanol–water partition coefficient (Wildman–Crippen LogP) is 3.85. The number of benzene rings is 1. The van der Waals surface area contributed by atoms with Gasteiger partial charge in [0.05, 0.1) is 9.40 Å². The third kappa shape index (κ3) is 2.65. The number of hydrogen-bond acceptors (Lipinski definition) is 4. The number of ether oxygens (including phenoxy) is 1. The lowest BCUT2D eigenvalue weighted by Gasteiger charge is -2.06. The molecule has 0 atom stereocenters. The molecule has 2 rings (SSSR count). The molecule has 1 aromatic heterocycles. The van der Waals surface area contributed by atoms with E-state index in [4.69, 9.17) is 4.74 Å². The van der Waals surface area contributed by atoms with Crippen molar-refractivity contribution in [3.05, 3.63) is 56.7 Å². The highest BCUT2D eigenvalue weighted by Crippen LogP contribution is 2.29. The number of rotatable bonds is 3. The summed E-state index contributed by atoms with van der Waals surface area (Å²) in [5, 5.41) is 10.7. The smallest absolute Gasteiger partial charge is 0.290 e. The Bertz CT molecular complexity index is 602. The minimum Gasteiger partial charge on any atom is -0.438 e. The largest absolute Gasteiger partial charge is 0.438 e. The summed E-state index contributed by atoms with van der Waals surface area (Å²) in [5.74, 6) is 0.934. The Morgan fingerprint density at radius 1 is 1.28 bits per heavy atom. The molecule has 0 unspecified atom stereocenters. The molecule has 0 aliphatic carbocycles. The maximum absolute atomic E-state index is 10.7. The molecule has 1 heterocycles. The zero-order valence-electron chi connectivity index (χ0n) is 9.46. The monoisotopic (exact) mass is 308 g/mol. The maximum atomic E-state index is 10.7. The van der Waals surface area contributed by atoms with Crippen molar-refractivity contribution in [1.29, 1.82) is 0 Å². The average molecular weight is 309 g/mol. The lowest BCUT2D eigenvalue weighted by molar-refractivity contribution is -0.385. The van der Waals surface area contributed by atoms with Crippen LogP contribution in [0.4, 0.5) is 5.69 Å². The molecule has 0 aliphatic rings. The van der Waals surface area contributed by atoms with Crippen LogP contribution in [0.15, 0.2) is 40.9 Å². The molecule has 2 aromatic rings. The number of aromatic nitrogens is 1. The molecule has 6 heteroatoms. The lowest BCUT2D eigenvalue weighted by Crippen LogP contribution is -1.96. The first-order chi connectivity index (χ1) is 8.58. The van der Waals surface area contributed by atoms with Gasteiger partial charge in [0.2, 0.25) is 5.88 Å². The first-order valence-electron chi connectivity index (χ1n) is 5.12. The van der Waals surface area contributed by atoms with E-state index in [2.05, 4.69) is 20.9 Å². The van der Waals surface area contributed by atoms with Crippen LogP contribution >= 0.6 is 15.9 Å². The number of nitro groups is 1. The Morgan fingerprint density at radius 2 is 2.00 bits per heavy atom. The highest BCUT2D eigenvalue weighted by atomic mass is 79.9. The summed E-state index contributed by atoms with van der Waals surface area (Å²) in [6.45, 7) is 1.57. The molecule has 0 bridgehead atoms. The van der Waals surface area contributed by atoms with Crippen molar-refractivity contribution in [2.24, 2.45) is 0 Å². The molecule has 5 nitrogen and oxygen atoms in total. The SMILES string of the molecule is Cc1nc(Oc2ccccc2Br)ccc1[N+](=O)[O-]. The van der Waals surface area contributed by atoms with Gasteiger partial charge in [-0.15, -0.1) is 0 Å². The second kappa shape index (κ2) is 5.14. The fourth-order valence-corrected chi connectivity index (χ4v) is 1.79. The van der Waals surface area contributed by atoms with Crippen molar-refractivity contribution >= 4 is 21.6 Å². The quantitative estimate of drug-likeness (QED) is 0.638. The van der Waals surface area contributed by atoms with Gasteiger partial charge in [0, 0.05) is 12.1 Å². The first kappa shape index (κ1) is 12.5. The van der Waals surface area contributed by atoms with Crippen LogP contribution in [0.2, 0.25) is 0 Å². The van der Waals surface area contributed by atoms with Crippen molar-refractivity contribution in [3.8, 4) is 11.6 Å². The van der Waals surface area contributed by atoms with E-state index in [1.165, 1.54) is 12.1 Å². The minimum atomic E-state index is -0.468. The Morgan fingerprint density at radius 3 is 2.61 bits per heavy atom. The number of pyridine rings is 1. The van der Waals surface area contributed by atoms with E-state index in [0.717, 1.165) is 4.47 Å². The van der Waals surface area contributed by atoms with E-state index in [-0.39, 0.29) is 5.69 Å². The Labute approximate surface area is 112 Å². The summed E-state index contributed by atoms with van der Waals surface area (Å²) in [6, 6.07) is 10.2. The predicted molar refractivity (Wildman–Crippen MR) is 69.8 cm³/mol. The summed E-state index contributed by atoms with van der Waals surface area (Å²) < 4.78 is 6.34. The van der Waals surface area contributed by atoms with Crippen LogP contribution in [-0.2, 0) is 0 Å². The van der Waals surface area contributed by atoms with Crippen molar-refractivity contribution in [3.63, 3.8) is 0 Å². The van der Waals surface area contributed by atoms with Gasteiger partial charge < -0.3 is 4.74 Å². The maximum Gasteiger partial charge on any atom is 0.290 e. The molecule has 0 N–H and O–H groups in total. The van der Waals surface area contributed by atoms with Gasteiger partial charge in [-0.3, -0.25) is 10.1 Å². The third-order valence-corrected chi connectivity index (χ3v) is 2.94. The van der Waals surface area contributed by atoms with E-state index in [0.29, 0.717) is 17.3 Å². The second-order valence-corrected chi connectivity index (χ2v) is 4.40. The van der Waals surface area contributed by atoms with Gasteiger partial charge in [0.1, 0.15) is 11.4 Å². The molecule has 0 amide bonds. The molecular formula is C12H9BrN2O3. The zero-order chi connectivity index (χ0) is 13.1. The summed E-state index contributed by atoms with van der Waals surface area (Å²) >= 11 is 3.35. The van der Waals surface area contributed by atoms with E-state index < -0.39 is 4.92 Å². The summed E-state index contributed by atoms with van der Waals surface area (Å²) in [6.07, 6.45) is 0. The lowest BCUT2D eigenvalue weighted by atomic mass is 10.3. The van der Waals surface area contributed by atoms with Gasteiger partial charge in [-0.2, -0.15) is 0 Å². The van der Waals surface area contributed by atoms with E-state index in [9.17, 15) is 10.1 Å². The van der Waals surface area contributed by atoms with Crippen LogP contribution in [0, 0.1) is 17.0 Å². The fraction of sp³-hybridized carbons (Fsp3) is 0.0833. The van der Waals surface area contributed by atoms with Crippen LogP contribution in [0.1, 0.15) is 5.69 Å². The molecule has 1 aromatic carbocycles. The number of para-hydroxylation sites is 1. The Balaban J connectivity index is 2.29. The van der Waals surface area contributed by atoms with Crippen LogP contribution in [0.3, 0.4) is 0 Å². The summed E-state index contributed by atoms with van der Waals surface area (Å²) in [4.78, 5) is 14.2. The average Bonchev–Trinajstić information content (AvgIpc) is 2.32. The van der Waals surface area contributed by atoms with Gasteiger partial charge in [0.15, 0.2) is 0 Å². The normalized spacial score (nSPS) is 10.1. The van der Waals surface area contributed by atoms with Crippen molar-refractivity contribution in [2.45, 2.75) is 6.92 Å². The Hall–Kier alpha value is -1.95. The fourth-order valence-electron chi connectivity index (χ4n) is 1.42. The highest BCUT2D eigenvalue weighted by molar-refractivity contribution is 9.10. The molecule has 0 spiro atoms. The zero-order valence-corrected chi connectivity index (χ0v) is 11.0. The molecule has 92 valence electrons. The molecular weight excluding hydrogens is 300 g/mol. The van der Waals surface area contributed by atoms with Gasteiger partial charge in [-0.1, -0.05) is 12.1 Å². The van der Waals surface area contributed by atoms with E-state index in [1.807, 2.05) is 18.2 Å². The third-order valence-electron chi connectivity index (χ3n) is 2.28. The van der Waals surface area contributed by atoms with Gasteiger partial charge >= 0.3 is 0 Å². The topological polar surface area (TPSA) is 65.3 Å². The van der Waals surface area contributed by atoms with Gasteiger partial charge in [0.25, 0.3) is 5.69 Å². The second-order valence-electron chi connectivity index (χ2n) is 3.54. The number of nitrogens with zero attached hydrogens (tertiary/aromatic N) is 2. The number of aryl methyl sites for hydroxylation is 1. The highest BCUT2D eigenvalue weighted by Gasteiger charge is 2.13. The first-order valence-corrected chi connectivity index (χ1v) is 5.91. The van der Waals surface area contributed by atoms with Crippen molar-refractivity contribution < 1.29 is 9.66 Å². The van der Waals surface area contributed by atoms with Crippen LogP contribution in [0.5, 0.6) is 11.6 Å². The van der Waals surface area contributed by atoms with E-state index in [1.54, 1.807) is 13.0 Å². The molecule has 0 saturated heterocycles. The minimum absolute atomic E-state index is 0.0190. The van der Waals surface area contributed by atoms with Gasteiger partial charge in [-0.05, 0) is 35.0 Å². The van der Waals surface area contributed by atoms with Crippen molar-refractivity contribution in [2.75, 3.05) is 0 Å². The number of halogens is 1. The number of hydrogen-bond donors (Lipinski definition) is 0. The van der Waals surface area contributed by atoms with Gasteiger partial charge in [-0.25, -0.2) is 4.98 Å². The molecule has 0 saturated carbocycles. The molecule has 18 heavy (non-hydrogen) atoms. The van der Waals surface area contributed by atoms with Crippen molar-refractivity contribution in [1.82, 2.24) is 4.98 Å². The summed E-state index contributed by atoms with van der Waals surface area (Å²) in [7, 11) is 0. The van der Waals surface area contributed by atoms with Crippen LogP contribution in [0.25, 0.3) is 0 Å². The Kier molecular flexibility index (Phi) is 3.57. The molecule has 0 radical (unpaired) electrons. The standard InChI is InChI=1S/C12H9BrN2O3/c1-8-10(15(16)17)6-7-12(14-8)18-11-5-3-2-4-9(11)13/h2-7H,1H3. The molecule has 0 fully saturated rings. The molecule has 0 aliphatic heterocycles. The summed E-state index contributed by atoms with van der Waals surface area (Å²) in [5.41, 5.74) is 0.305. The van der Waals surface area contributed by atoms with Crippen LogP contribution in [-0.4, -0.2) is 9.91 Å².